The van der Waals surface area contributed by atoms with Crippen molar-refractivity contribution in [3.8, 4) is 0 Å². The van der Waals surface area contributed by atoms with E-state index in [1.54, 1.807) is 34.9 Å². The van der Waals surface area contributed by atoms with Gasteiger partial charge in [-0.1, -0.05) is 11.3 Å². The number of anilines is 1. The maximum atomic E-state index is 13.1. The van der Waals surface area contributed by atoms with Crippen LogP contribution >= 0.6 is 11.3 Å². The van der Waals surface area contributed by atoms with E-state index in [0.29, 0.717) is 37.4 Å². The first-order chi connectivity index (χ1) is 13.4. The van der Waals surface area contributed by atoms with E-state index in [9.17, 15) is 17.6 Å². The summed E-state index contributed by atoms with van der Waals surface area (Å²) in [6, 6.07) is 11.1. The molecule has 0 radical (unpaired) electrons. The first-order valence-corrected chi connectivity index (χ1v) is 11.3. The van der Waals surface area contributed by atoms with E-state index in [1.807, 2.05) is 11.8 Å². The van der Waals surface area contributed by atoms with Crippen LogP contribution in [0.25, 0.3) is 10.2 Å². The van der Waals surface area contributed by atoms with Gasteiger partial charge in [0.05, 0.1) is 15.1 Å². The summed E-state index contributed by atoms with van der Waals surface area (Å²) in [6.45, 7) is 4.21. The van der Waals surface area contributed by atoms with Gasteiger partial charge in [-0.2, -0.15) is 4.31 Å². The van der Waals surface area contributed by atoms with E-state index in [1.165, 1.54) is 16.4 Å². The predicted octanol–water partition coefficient (Wildman–Crippen LogP) is 2.73. The number of aryl methyl sites for hydroxylation is 1. The molecule has 9 heteroatoms. The molecule has 2 heterocycles. The molecule has 0 atom stereocenters. The molecule has 0 N–H and O–H groups in total. The van der Waals surface area contributed by atoms with Crippen molar-refractivity contribution in [2.75, 3.05) is 31.1 Å². The molecule has 148 valence electrons. The number of hydrogen-bond donors (Lipinski definition) is 0. The molecule has 0 aliphatic carbocycles. The van der Waals surface area contributed by atoms with Crippen molar-refractivity contribution in [3.63, 3.8) is 0 Å². The first-order valence-electron chi connectivity index (χ1n) is 9.04. The van der Waals surface area contributed by atoms with Crippen LogP contribution in [0.1, 0.15) is 6.92 Å². The van der Waals surface area contributed by atoms with Crippen molar-refractivity contribution in [1.29, 1.82) is 0 Å². The Morgan fingerprint density at radius 2 is 1.71 bits per heavy atom. The van der Waals surface area contributed by atoms with E-state index in [2.05, 4.69) is 0 Å². The Labute approximate surface area is 166 Å². The number of fused-ring (bicyclic) bond motifs is 1. The highest BCUT2D eigenvalue weighted by Gasteiger charge is 2.29. The third kappa shape index (κ3) is 3.34. The second kappa shape index (κ2) is 7.31. The molecule has 28 heavy (non-hydrogen) atoms. The molecule has 0 saturated carbocycles. The summed E-state index contributed by atoms with van der Waals surface area (Å²) in [4.78, 5) is 14.2. The summed E-state index contributed by atoms with van der Waals surface area (Å²) in [5.74, 6) is -0.292. The van der Waals surface area contributed by atoms with Crippen LogP contribution in [0.5, 0.6) is 0 Å². The van der Waals surface area contributed by atoms with Crippen LogP contribution in [0.15, 0.2) is 52.2 Å². The Bertz CT molecular complexity index is 1160. The molecule has 6 nitrogen and oxygen atoms in total. The minimum Gasteiger partial charge on any atom is -0.369 e. The number of rotatable bonds is 4. The third-order valence-electron chi connectivity index (χ3n) is 5.02. The zero-order chi connectivity index (χ0) is 19.9. The van der Waals surface area contributed by atoms with E-state index >= 15 is 0 Å². The number of sulfonamides is 1. The number of aromatic nitrogens is 1. The molecule has 1 fully saturated rings. The monoisotopic (exact) mass is 421 g/mol. The molecule has 1 aliphatic rings. The van der Waals surface area contributed by atoms with Crippen molar-refractivity contribution in [3.05, 3.63) is 57.9 Å². The van der Waals surface area contributed by atoms with Gasteiger partial charge in [0.1, 0.15) is 5.82 Å². The van der Waals surface area contributed by atoms with Gasteiger partial charge in [0.15, 0.2) is 0 Å². The van der Waals surface area contributed by atoms with Crippen LogP contribution < -0.4 is 9.77 Å². The van der Waals surface area contributed by atoms with Gasteiger partial charge >= 0.3 is 4.87 Å². The van der Waals surface area contributed by atoms with Crippen LogP contribution in [0, 0.1) is 5.82 Å². The molecule has 0 amide bonds. The maximum absolute atomic E-state index is 13.1. The number of hydrogen-bond acceptors (Lipinski definition) is 5. The van der Waals surface area contributed by atoms with E-state index in [4.69, 9.17) is 0 Å². The number of thiazole rings is 1. The first kappa shape index (κ1) is 19.1. The molecule has 2 aromatic carbocycles. The number of halogens is 1. The smallest absolute Gasteiger partial charge is 0.308 e. The lowest BCUT2D eigenvalue weighted by molar-refractivity contribution is 0.385. The van der Waals surface area contributed by atoms with Gasteiger partial charge in [0.25, 0.3) is 0 Å². The van der Waals surface area contributed by atoms with Crippen LogP contribution in [0.2, 0.25) is 0 Å². The summed E-state index contributed by atoms with van der Waals surface area (Å²) >= 11 is 1.06. The quantitative estimate of drug-likeness (QED) is 0.650. The van der Waals surface area contributed by atoms with Crippen molar-refractivity contribution in [2.45, 2.75) is 18.4 Å². The fourth-order valence-corrected chi connectivity index (χ4v) is 6.01. The molecular formula is C19H20FN3O3S2. The fourth-order valence-electron chi connectivity index (χ4n) is 3.49. The standard InChI is InChI=1S/C19H20FN3O3S2/c1-2-23-17-8-7-16(13-18(17)27-19(23)24)28(25,26)22-11-9-21(10-12-22)15-5-3-14(20)4-6-15/h3-8,13H,2,9-12H2,1H3. The van der Waals surface area contributed by atoms with Crippen LogP contribution in [0.3, 0.4) is 0 Å². The summed E-state index contributed by atoms with van der Waals surface area (Å²) in [6.07, 6.45) is 0. The van der Waals surface area contributed by atoms with Gasteiger partial charge in [0.2, 0.25) is 10.0 Å². The molecule has 0 bridgehead atoms. The van der Waals surface area contributed by atoms with Gasteiger partial charge in [-0.05, 0) is 49.4 Å². The van der Waals surface area contributed by atoms with Crippen molar-refractivity contribution in [2.24, 2.45) is 0 Å². The third-order valence-corrected chi connectivity index (χ3v) is 7.86. The maximum Gasteiger partial charge on any atom is 0.308 e. The minimum atomic E-state index is -3.63. The average molecular weight is 422 g/mol. The predicted molar refractivity (Wildman–Crippen MR) is 109 cm³/mol. The molecule has 4 rings (SSSR count). The summed E-state index contributed by atoms with van der Waals surface area (Å²) in [7, 11) is -3.63. The highest BCUT2D eigenvalue weighted by atomic mass is 32.2. The van der Waals surface area contributed by atoms with Crippen LogP contribution in [0.4, 0.5) is 10.1 Å². The van der Waals surface area contributed by atoms with Gasteiger partial charge in [-0.25, -0.2) is 12.8 Å². The normalized spacial score (nSPS) is 16.0. The number of benzene rings is 2. The fraction of sp³-hybridized carbons (Fsp3) is 0.316. The highest BCUT2D eigenvalue weighted by molar-refractivity contribution is 7.89. The Hall–Kier alpha value is -2.23. The molecule has 0 spiro atoms. The highest BCUT2D eigenvalue weighted by Crippen LogP contribution is 2.25. The van der Waals surface area contributed by atoms with Crippen LogP contribution in [-0.2, 0) is 16.6 Å². The van der Waals surface area contributed by atoms with E-state index in [0.717, 1.165) is 22.5 Å². The summed E-state index contributed by atoms with van der Waals surface area (Å²) in [5, 5.41) is 0. The lowest BCUT2D eigenvalue weighted by atomic mass is 10.2. The number of piperazine rings is 1. The Morgan fingerprint density at radius 1 is 1.04 bits per heavy atom. The average Bonchev–Trinajstić information content (AvgIpc) is 3.02. The second-order valence-corrected chi connectivity index (χ2v) is 9.54. The largest absolute Gasteiger partial charge is 0.369 e. The van der Waals surface area contributed by atoms with Gasteiger partial charge < -0.3 is 4.90 Å². The van der Waals surface area contributed by atoms with Crippen molar-refractivity contribution >= 4 is 37.3 Å². The second-order valence-electron chi connectivity index (χ2n) is 6.61. The van der Waals surface area contributed by atoms with E-state index < -0.39 is 10.0 Å². The molecule has 3 aromatic rings. The lowest BCUT2D eigenvalue weighted by Gasteiger charge is -2.35. The van der Waals surface area contributed by atoms with Crippen LogP contribution in [-0.4, -0.2) is 43.5 Å². The SMILES string of the molecule is CCn1c(=O)sc2cc(S(=O)(=O)N3CCN(c4ccc(F)cc4)CC3)ccc21. The molecule has 1 aromatic heterocycles. The summed E-state index contributed by atoms with van der Waals surface area (Å²) in [5.41, 5.74) is 1.64. The van der Waals surface area contributed by atoms with Crippen molar-refractivity contribution in [1.82, 2.24) is 8.87 Å². The topological polar surface area (TPSA) is 62.6 Å². The zero-order valence-electron chi connectivity index (χ0n) is 15.3. The lowest BCUT2D eigenvalue weighted by Crippen LogP contribution is -2.48. The zero-order valence-corrected chi connectivity index (χ0v) is 17.0. The Balaban J connectivity index is 1.55. The Kier molecular flexibility index (Phi) is 4.98. The van der Waals surface area contributed by atoms with E-state index in [-0.39, 0.29) is 15.6 Å². The minimum absolute atomic E-state index is 0.0834. The molecule has 1 aliphatic heterocycles. The van der Waals surface area contributed by atoms with Gasteiger partial charge in [0, 0.05) is 38.4 Å². The molecular weight excluding hydrogens is 401 g/mol. The molecule has 1 saturated heterocycles. The van der Waals surface area contributed by atoms with Gasteiger partial charge in [-0.15, -0.1) is 0 Å². The van der Waals surface area contributed by atoms with Gasteiger partial charge in [-0.3, -0.25) is 9.36 Å². The summed E-state index contributed by atoms with van der Waals surface area (Å²) < 4.78 is 43.0. The number of nitrogens with zero attached hydrogens (tertiary/aromatic N) is 3. The molecule has 0 unspecified atom stereocenters. The van der Waals surface area contributed by atoms with Crippen molar-refractivity contribution < 1.29 is 12.8 Å². The Morgan fingerprint density at radius 3 is 2.36 bits per heavy atom.